The van der Waals surface area contributed by atoms with E-state index in [-0.39, 0.29) is 6.04 Å². The third-order valence-electron chi connectivity index (χ3n) is 7.08. The van der Waals surface area contributed by atoms with Gasteiger partial charge in [-0.3, -0.25) is 0 Å². The second-order valence-corrected chi connectivity index (χ2v) is 9.60. The zero-order chi connectivity index (χ0) is 27.0. The Morgan fingerprint density at radius 2 is 1.44 bits per heavy atom. The quantitative estimate of drug-likeness (QED) is 0.242. The van der Waals surface area contributed by atoms with Gasteiger partial charge in [0.25, 0.3) is 0 Å². The first-order valence-corrected chi connectivity index (χ1v) is 13.3. The van der Waals surface area contributed by atoms with Crippen LogP contribution in [0.1, 0.15) is 39.4 Å². The molecule has 5 heteroatoms. The zero-order valence-electron chi connectivity index (χ0n) is 22.8. The van der Waals surface area contributed by atoms with Crippen molar-refractivity contribution in [1.82, 2.24) is 5.32 Å². The summed E-state index contributed by atoms with van der Waals surface area (Å²) in [5.41, 5.74) is 6.84. The smallest absolute Gasteiger partial charge is 0.165 e. The van der Waals surface area contributed by atoms with Crippen LogP contribution < -0.4 is 24.3 Å². The Hall–Kier alpha value is -4.22. The van der Waals surface area contributed by atoms with Crippen molar-refractivity contribution in [2.75, 3.05) is 20.8 Å². The highest BCUT2D eigenvalue weighted by atomic mass is 16.5. The average molecular weight is 522 g/mol. The van der Waals surface area contributed by atoms with E-state index < -0.39 is 0 Å². The van der Waals surface area contributed by atoms with E-state index in [1.165, 1.54) is 11.1 Å². The highest BCUT2D eigenvalue weighted by Crippen LogP contribution is 2.38. The molecule has 0 spiro atoms. The van der Waals surface area contributed by atoms with Gasteiger partial charge in [0.2, 0.25) is 0 Å². The minimum atomic E-state index is 0.0565. The molecule has 4 aromatic carbocycles. The van der Waals surface area contributed by atoms with Crippen LogP contribution in [0.15, 0.2) is 91.0 Å². The molecule has 5 rings (SSSR count). The molecule has 0 saturated heterocycles. The maximum Gasteiger partial charge on any atom is 0.165 e. The number of ether oxygens (including phenoxy) is 4. The van der Waals surface area contributed by atoms with Crippen LogP contribution in [0.4, 0.5) is 0 Å². The van der Waals surface area contributed by atoms with Crippen molar-refractivity contribution in [3.8, 4) is 23.0 Å². The summed E-state index contributed by atoms with van der Waals surface area (Å²) >= 11 is 0. The molecule has 1 atom stereocenters. The fraction of sp³-hybridized carbons (Fsp3) is 0.235. The lowest BCUT2D eigenvalue weighted by Crippen LogP contribution is -2.28. The highest BCUT2D eigenvalue weighted by Gasteiger charge is 2.21. The number of rotatable bonds is 10. The molecule has 39 heavy (non-hydrogen) atoms. The van der Waals surface area contributed by atoms with Crippen molar-refractivity contribution in [3.05, 3.63) is 124 Å². The van der Waals surface area contributed by atoms with Crippen LogP contribution >= 0.6 is 0 Å². The van der Waals surface area contributed by atoms with Gasteiger partial charge in [0, 0.05) is 12.1 Å². The summed E-state index contributed by atoms with van der Waals surface area (Å²) in [5, 5.41) is 3.64. The molecule has 5 nitrogen and oxygen atoms in total. The van der Waals surface area contributed by atoms with Crippen molar-refractivity contribution in [1.29, 1.82) is 0 Å². The van der Waals surface area contributed by atoms with Crippen molar-refractivity contribution in [2.45, 2.75) is 32.6 Å². The molecule has 1 aliphatic heterocycles. The summed E-state index contributed by atoms with van der Waals surface area (Å²) in [5.74, 6) is 3.01. The molecule has 0 saturated carbocycles. The van der Waals surface area contributed by atoms with E-state index in [9.17, 15) is 0 Å². The fourth-order valence-electron chi connectivity index (χ4n) is 4.91. The Morgan fingerprint density at radius 3 is 2.10 bits per heavy atom. The van der Waals surface area contributed by atoms with Gasteiger partial charge < -0.3 is 24.3 Å². The van der Waals surface area contributed by atoms with Gasteiger partial charge in [0.05, 0.1) is 20.3 Å². The molecule has 4 aromatic rings. The minimum Gasteiger partial charge on any atom is -0.493 e. The maximum absolute atomic E-state index is 6.23. The molecule has 0 bridgehead atoms. The maximum atomic E-state index is 6.23. The van der Waals surface area contributed by atoms with Crippen LogP contribution in [-0.4, -0.2) is 20.8 Å². The van der Waals surface area contributed by atoms with Gasteiger partial charge in [-0.25, -0.2) is 0 Å². The Kier molecular flexibility index (Phi) is 8.49. The lowest BCUT2D eigenvalue weighted by molar-refractivity contribution is 0.282. The predicted octanol–water partition coefficient (Wildman–Crippen LogP) is 7.07. The number of hydrogen-bond donors (Lipinski definition) is 1. The molecular formula is C34H35NO4. The van der Waals surface area contributed by atoms with Crippen LogP contribution in [0, 0.1) is 6.92 Å². The molecule has 0 aromatic heterocycles. The summed E-state index contributed by atoms with van der Waals surface area (Å²) in [7, 11) is 3.36. The second kappa shape index (κ2) is 12.5. The molecule has 0 radical (unpaired) electrons. The average Bonchev–Trinajstić information content (AvgIpc) is 2.99. The number of hydrogen-bond acceptors (Lipinski definition) is 5. The molecule has 0 aliphatic carbocycles. The van der Waals surface area contributed by atoms with Gasteiger partial charge in [-0.15, -0.1) is 0 Å². The number of benzene rings is 4. The van der Waals surface area contributed by atoms with E-state index in [2.05, 4.69) is 66.9 Å². The highest BCUT2D eigenvalue weighted by molar-refractivity contribution is 5.63. The number of methoxy groups -OCH3 is 2. The van der Waals surface area contributed by atoms with Gasteiger partial charge in [0.1, 0.15) is 13.2 Å². The monoisotopic (exact) mass is 521 g/mol. The van der Waals surface area contributed by atoms with Crippen LogP contribution in [0.2, 0.25) is 0 Å². The summed E-state index contributed by atoms with van der Waals surface area (Å²) in [6.07, 6.45) is 5.30. The van der Waals surface area contributed by atoms with Crippen molar-refractivity contribution >= 4 is 6.08 Å². The van der Waals surface area contributed by atoms with Crippen LogP contribution in [0.25, 0.3) is 6.08 Å². The molecule has 1 N–H and O–H groups in total. The van der Waals surface area contributed by atoms with E-state index >= 15 is 0 Å². The SMILES string of the molecule is COc1cc2c(cc1OCc1ccccc1)CCNC2/C=C/c1ccc(OC)c(OCc2ccccc2)c1C. The molecular weight excluding hydrogens is 486 g/mol. The van der Waals surface area contributed by atoms with Crippen molar-refractivity contribution < 1.29 is 18.9 Å². The number of nitrogens with one attached hydrogen (secondary N) is 1. The van der Waals surface area contributed by atoms with E-state index in [0.717, 1.165) is 58.2 Å². The normalized spacial score (nSPS) is 14.6. The molecule has 1 aliphatic rings. The second-order valence-electron chi connectivity index (χ2n) is 9.60. The third-order valence-corrected chi connectivity index (χ3v) is 7.08. The van der Waals surface area contributed by atoms with Crippen molar-refractivity contribution in [3.63, 3.8) is 0 Å². The first kappa shape index (κ1) is 26.4. The fourth-order valence-corrected chi connectivity index (χ4v) is 4.91. The minimum absolute atomic E-state index is 0.0565. The summed E-state index contributed by atoms with van der Waals surface area (Å²) in [6, 6.07) is 28.7. The van der Waals surface area contributed by atoms with Crippen LogP contribution in [0.3, 0.4) is 0 Å². The molecule has 1 unspecified atom stereocenters. The largest absolute Gasteiger partial charge is 0.493 e. The lowest BCUT2D eigenvalue weighted by Gasteiger charge is -2.26. The van der Waals surface area contributed by atoms with E-state index in [1.54, 1.807) is 14.2 Å². The first-order chi connectivity index (χ1) is 19.2. The van der Waals surface area contributed by atoms with Gasteiger partial charge >= 0.3 is 0 Å². The van der Waals surface area contributed by atoms with E-state index in [0.29, 0.717) is 13.2 Å². The van der Waals surface area contributed by atoms with E-state index in [4.69, 9.17) is 18.9 Å². The Labute approximate surface area is 231 Å². The lowest BCUT2D eigenvalue weighted by atomic mass is 9.92. The standard InChI is InChI=1S/C34H35NO4/c1-24-27(15-17-31(36-2)34(24)39-23-26-12-8-5-9-13-26)14-16-30-29-21-32(37-3)33(20-28(29)18-19-35-30)38-22-25-10-6-4-7-11-25/h4-17,20-21,30,35H,18-19,22-23H2,1-3H3/b16-14+. The van der Waals surface area contributed by atoms with Gasteiger partial charge in [-0.05, 0) is 59.4 Å². The van der Waals surface area contributed by atoms with Gasteiger partial charge in [-0.1, -0.05) is 78.9 Å². The molecule has 1 heterocycles. The summed E-state index contributed by atoms with van der Waals surface area (Å²) < 4.78 is 23.7. The first-order valence-electron chi connectivity index (χ1n) is 13.3. The van der Waals surface area contributed by atoms with Crippen molar-refractivity contribution in [2.24, 2.45) is 0 Å². The summed E-state index contributed by atoms with van der Waals surface area (Å²) in [6.45, 7) is 3.95. The zero-order valence-corrected chi connectivity index (χ0v) is 22.8. The van der Waals surface area contributed by atoms with Crippen LogP contribution in [-0.2, 0) is 19.6 Å². The van der Waals surface area contributed by atoms with Crippen LogP contribution in [0.5, 0.6) is 23.0 Å². The Balaban J connectivity index is 1.36. The topological polar surface area (TPSA) is 49.0 Å². The Bertz CT molecular complexity index is 1420. The van der Waals surface area contributed by atoms with Gasteiger partial charge in [0.15, 0.2) is 23.0 Å². The Morgan fingerprint density at radius 1 is 0.769 bits per heavy atom. The summed E-state index contributed by atoms with van der Waals surface area (Å²) in [4.78, 5) is 0. The van der Waals surface area contributed by atoms with Gasteiger partial charge in [-0.2, -0.15) is 0 Å². The molecule has 0 fully saturated rings. The molecule has 0 amide bonds. The number of fused-ring (bicyclic) bond motifs is 1. The predicted molar refractivity (Wildman–Crippen MR) is 156 cm³/mol. The van der Waals surface area contributed by atoms with E-state index in [1.807, 2.05) is 42.5 Å². The third kappa shape index (κ3) is 6.27. The molecule has 200 valence electrons.